The lowest BCUT2D eigenvalue weighted by molar-refractivity contribution is 0.0923. The van der Waals surface area contributed by atoms with Gasteiger partial charge in [-0.25, -0.2) is 5.84 Å². The van der Waals surface area contributed by atoms with E-state index >= 15 is 0 Å². The predicted octanol–water partition coefficient (Wildman–Crippen LogP) is 0.0190. The average molecular weight is 252 g/mol. The summed E-state index contributed by atoms with van der Waals surface area (Å²) in [5.74, 6) is 5.06. The molecule has 100 valence electrons. The number of nitrogens with zero attached hydrogens (tertiary/aromatic N) is 2. The van der Waals surface area contributed by atoms with Gasteiger partial charge in [0.15, 0.2) is 5.76 Å². The van der Waals surface area contributed by atoms with Gasteiger partial charge in [0.2, 0.25) is 0 Å². The molecule has 2 rings (SSSR count). The average Bonchev–Trinajstić information content (AvgIpc) is 2.97. The Labute approximate surface area is 107 Å². The number of likely N-dealkylation sites (tertiary alicyclic amines) is 1. The van der Waals surface area contributed by atoms with E-state index in [9.17, 15) is 4.79 Å². The van der Waals surface area contributed by atoms with Crippen LogP contribution in [0.25, 0.3) is 0 Å². The van der Waals surface area contributed by atoms with Crippen molar-refractivity contribution in [3.05, 3.63) is 23.7 Å². The standard InChI is InChI=1S/C12H20N4O2/c1-15(2)10-3-5-16(8-10)7-9-4-6-18-11(9)12(17)14-13/h4,6,10H,3,5,7-8,13H2,1-2H3,(H,14,17). The molecular weight excluding hydrogens is 232 g/mol. The highest BCUT2D eigenvalue weighted by molar-refractivity contribution is 5.92. The van der Waals surface area contributed by atoms with Gasteiger partial charge in [0, 0.05) is 31.2 Å². The van der Waals surface area contributed by atoms with Crippen molar-refractivity contribution in [1.82, 2.24) is 15.2 Å². The minimum atomic E-state index is -0.377. The number of carbonyl (C=O) groups excluding carboxylic acids is 1. The van der Waals surface area contributed by atoms with Crippen LogP contribution in [0.15, 0.2) is 16.7 Å². The van der Waals surface area contributed by atoms with Crippen molar-refractivity contribution in [3.63, 3.8) is 0 Å². The van der Waals surface area contributed by atoms with Crippen molar-refractivity contribution in [1.29, 1.82) is 0 Å². The summed E-state index contributed by atoms with van der Waals surface area (Å²) in [6.45, 7) is 2.78. The van der Waals surface area contributed by atoms with E-state index in [0.29, 0.717) is 11.8 Å². The van der Waals surface area contributed by atoms with Crippen molar-refractivity contribution in [2.75, 3.05) is 27.2 Å². The first-order valence-corrected chi connectivity index (χ1v) is 6.08. The summed E-state index contributed by atoms with van der Waals surface area (Å²) in [4.78, 5) is 16.0. The maximum absolute atomic E-state index is 11.5. The lowest BCUT2D eigenvalue weighted by Gasteiger charge is -2.20. The molecule has 2 heterocycles. The fourth-order valence-corrected chi connectivity index (χ4v) is 2.34. The van der Waals surface area contributed by atoms with Crippen LogP contribution in [0.5, 0.6) is 0 Å². The fourth-order valence-electron chi connectivity index (χ4n) is 2.34. The van der Waals surface area contributed by atoms with Crippen LogP contribution in [0.3, 0.4) is 0 Å². The van der Waals surface area contributed by atoms with Gasteiger partial charge in [-0.2, -0.15) is 0 Å². The van der Waals surface area contributed by atoms with Crippen molar-refractivity contribution in [2.45, 2.75) is 19.0 Å². The molecule has 1 atom stereocenters. The predicted molar refractivity (Wildman–Crippen MR) is 67.7 cm³/mol. The van der Waals surface area contributed by atoms with Gasteiger partial charge >= 0.3 is 5.91 Å². The molecule has 1 amide bonds. The summed E-state index contributed by atoms with van der Waals surface area (Å²) in [5, 5.41) is 0. The molecule has 0 radical (unpaired) electrons. The Bertz CT molecular complexity index is 416. The second-order valence-corrected chi connectivity index (χ2v) is 4.89. The normalized spacial score (nSPS) is 20.6. The summed E-state index contributed by atoms with van der Waals surface area (Å²) >= 11 is 0. The lowest BCUT2D eigenvalue weighted by atomic mass is 10.2. The molecule has 1 aliphatic rings. The third-order valence-corrected chi connectivity index (χ3v) is 3.46. The highest BCUT2D eigenvalue weighted by atomic mass is 16.3. The molecule has 1 saturated heterocycles. The zero-order valence-electron chi connectivity index (χ0n) is 10.8. The van der Waals surface area contributed by atoms with Gasteiger partial charge in [0.05, 0.1) is 6.26 Å². The van der Waals surface area contributed by atoms with E-state index in [1.807, 2.05) is 6.07 Å². The topological polar surface area (TPSA) is 74.7 Å². The Morgan fingerprint density at radius 3 is 3.06 bits per heavy atom. The van der Waals surface area contributed by atoms with Crippen molar-refractivity contribution >= 4 is 5.91 Å². The number of carbonyl (C=O) groups is 1. The molecule has 1 aromatic heterocycles. The zero-order valence-corrected chi connectivity index (χ0v) is 10.8. The van der Waals surface area contributed by atoms with Crippen molar-refractivity contribution < 1.29 is 9.21 Å². The van der Waals surface area contributed by atoms with Crippen LogP contribution in [-0.2, 0) is 6.54 Å². The molecule has 1 aromatic rings. The molecule has 6 nitrogen and oxygen atoms in total. The highest BCUT2D eigenvalue weighted by Gasteiger charge is 2.25. The first-order valence-electron chi connectivity index (χ1n) is 6.08. The number of hydrogen-bond donors (Lipinski definition) is 2. The second-order valence-electron chi connectivity index (χ2n) is 4.89. The van der Waals surface area contributed by atoms with E-state index in [-0.39, 0.29) is 5.91 Å². The number of furan rings is 1. The molecule has 6 heteroatoms. The largest absolute Gasteiger partial charge is 0.459 e. The van der Waals surface area contributed by atoms with Crippen LogP contribution in [-0.4, -0.2) is 48.9 Å². The number of hydrogen-bond acceptors (Lipinski definition) is 5. The number of likely N-dealkylation sites (N-methyl/N-ethyl adjacent to an activating group) is 1. The Morgan fingerprint density at radius 2 is 2.44 bits per heavy atom. The second kappa shape index (κ2) is 5.51. The lowest BCUT2D eigenvalue weighted by Crippen LogP contribution is -2.32. The third-order valence-electron chi connectivity index (χ3n) is 3.46. The van der Waals surface area contributed by atoms with Crippen molar-refractivity contribution in [3.8, 4) is 0 Å². The molecule has 1 aliphatic heterocycles. The maximum atomic E-state index is 11.5. The molecule has 0 spiro atoms. The summed E-state index contributed by atoms with van der Waals surface area (Å²) < 4.78 is 5.17. The van der Waals surface area contributed by atoms with Gasteiger partial charge in [-0.1, -0.05) is 0 Å². The summed E-state index contributed by atoms with van der Waals surface area (Å²) in [7, 11) is 4.19. The molecule has 18 heavy (non-hydrogen) atoms. The number of rotatable bonds is 4. The van der Waals surface area contributed by atoms with E-state index < -0.39 is 0 Å². The summed E-state index contributed by atoms with van der Waals surface area (Å²) in [6.07, 6.45) is 2.68. The Morgan fingerprint density at radius 1 is 1.67 bits per heavy atom. The van der Waals surface area contributed by atoms with Crippen LogP contribution in [0.4, 0.5) is 0 Å². The number of nitrogens with two attached hydrogens (primary N) is 1. The van der Waals surface area contributed by atoms with Crippen LogP contribution in [0.1, 0.15) is 22.5 Å². The van der Waals surface area contributed by atoms with Crippen LogP contribution >= 0.6 is 0 Å². The Hall–Kier alpha value is -1.37. The van der Waals surface area contributed by atoms with E-state index in [2.05, 4.69) is 29.3 Å². The molecule has 1 fully saturated rings. The minimum absolute atomic E-state index is 0.311. The Kier molecular flexibility index (Phi) is 4.00. The zero-order chi connectivity index (χ0) is 13.1. The molecular formula is C12H20N4O2. The fraction of sp³-hybridized carbons (Fsp3) is 0.583. The van der Waals surface area contributed by atoms with E-state index in [1.54, 1.807) is 0 Å². The van der Waals surface area contributed by atoms with Gasteiger partial charge < -0.3 is 9.32 Å². The smallest absolute Gasteiger partial charge is 0.301 e. The van der Waals surface area contributed by atoms with Gasteiger partial charge in [-0.05, 0) is 26.6 Å². The SMILES string of the molecule is CN(C)C1CCN(Cc2ccoc2C(=O)NN)C1. The molecule has 0 aromatic carbocycles. The van der Waals surface area contributed by atoms with E-state index in [0.717, 1.165) is 31.6 Å². The monoisotopic (exact) mass is 252 g/mol. The number of nitrogen functional groups attached to an aromatic ring is 1. The first kappa shape index (κ1) is 13.1. The van der Waals surface area contributed by atoms with Gasteiger partial charge in [0.25, 0.3) is 0 Å². The minimum Gasteiger partial charge on any atom is -0.459 e. The van der Waals surface area contributed by atoms with Gasteiger partial charge in [0.1, 0.15) is 0 Å². The molecule has 0 aliphatic carbocycles. The maximum Gasteiger partial charge on any atom is 0.301 e. The van der Waals surface area contributed by atoms with Crippen molar-refractivity contribution in [2.24, 2.45) is 5.84 Å². The molecule has 3 N–H and O–H groups in total. The number of nitrogens with one attached hydrogen (secondary N) is 1. The Balaban J connectivity index is 1.99. The highest BCUT2D eigenvalue weighted by Crippen LogP contribution is 2.19. The van der Waals surface area contributed by atoms with Crippen LogP contribution in [0.2, 0.25) is 0 Å². The first-order chi connectivity index (χ1) is 8.61. The quantitative estimate of drug-likeness (QED) is 0.449. The molecule has 1 unspecified atom stereocenters. The van der Waals surface area contributed by atoms with Crippen LogP contribution < -0.4 is 11.3 Å². The summed E-state index contributed by atoms with van der Waals surface area (Å²) in [5.41, 5.74) is 2.99. The van der Waals surface area contributed by atoms with E-state index in [4.69, 9.17) is 10.3 Å². The third kappa shape index (κ3) is 2.72. The van der Waals surface area contributed by atoms with Crippen LogP contribution in [0, 0.1) is 0 Å². The summed E-state index contributed by atoms with van der Waals surface area (Å²) in [6, 6.07) is 2.41. The molecule has 0 saturated carbocycles. The van der Waals surface area contributed by atoms with Gasteiger partial charge in [-0.15, -0.1) is 0 Å². The number of amides is 1. The van der Waals surface area contributed by atoms with Gasteiger partial charge in [-0.3, -0.25) is 15.1 Å². The molecule has 0 bridgehead atoms. The van der Waals surface area contributed by atoms with E-state index in [1.165, 1.54) is 6.26 Å². The number of hydrazine groups is 1.